The van der Waals surface area contributed by atoms with Crippen LogP contribution in [0.3, 0.4) is 0 Å². The predicted octanol–water partition coefficient (Wildman–Crippen LogP) is 5.32. The first-order valence-corrected chi connectivity index (χ1v) is 7.76. The third-order valence-corrected chi connectivity index (χ3v) is 4.84. The molecule has 0 radical (unpaired) electrons. The highest BCUT2D eigenvalue weighted by atomic mass is 35.5. The second kappa shape index (κ2) is 6.06. The van der Waals surface area contributed by atoms with Gasteiger partial charge in [0.05, 0.1) is 12.1 Å². The van der Waals surface area contributed by atoms with E-state index in [1.807, 2.05) is 29.5 Å². The fraction of sp³-hybridized carbons (Fsp3) is 0.375. The van der Waals surface area contributed by atoms with Crippen LogP contribution < -0.4 is 10.1 Å². The molecule has 1 heterocycles. The van der Waals surface area contributed by atoms with Gasteiger partial charge in [-0.25, -0.2) is 0 Å². The maximum absolute atomic E-state index is 6.02. The number of methoxy groups -OCH3 is 1. The van der Waals surface area contributed by atoms with Crippen LogP contribution in [0.25, 0.3) is 0 Å². The average Bonchev–Trinajstić information content (AvgIpc) is 2.86. The van der Waals surface area contributed by atoms with Crippen molar-refractivity contribution in [3.63, 3.8) is 0 Å². The molecule has 108 valence electrons. The zero-order valence-electron chi connectivity index (χ0n) is 12.3. The van der Waals surface area contributed by atoms with E-state index in [0.717, 1.165) is 12.2 Å². The second-order valence-corrected chi connectivity index (χ2v) is 7.29. The molecule has 0 aliphatic carbocycles. The van der Waals surface area contributed by atoms with Crippen molar-refractivity contribution in [3.05, 3.63) is 45.1 Å². The van der Waals surface area contributed by atoms with Crippen LogP contribution in [-0.2, 0) is 12.0 Å². The van der Waals surface area contributed by atoms with Gasteiger partial charge < -0.3 is 10.1 Å². The van der Waals surface area contributed by atoms with E-state index in [-0.39, 0.29) is 5.41 Å². The molecule has 0 aliphatic rings. The standard InChI is InChI=1S/C16H20ClNOS/c1-16(2,3)15-8-6-12(20-15)10-18-11-5-7-13(17)14(9-11)19-4/h5-9,18H,10H2,1-4H3. The maximum Gasteiger partial charge on any atom is 0.139 e. The van der Waals surface area contributed by atoms with Crippen LogP contribution in [0.15, 0.2) is 30.3 Å². The lowest BCUT2D eigenvalue weighted by Crippen LogP contribution is -2.07. The van der Waals surface area contributed by atoms with Crippen LogP contribution in [0.1, 0.15) is 30.5 Å². The lowest BCUT2D eigenvalue weighted by atomic mass is 9.95. The molecule has 0 bridgehead atoms. The van der Waals surface area contributed by atoms with Gasteiger partial charge in [-0.15, -0.1) is 11.3 Å². The average molecular weight is 310 g/mol. The van der Waals surface area contributed by atoms with E-state index in [9.17, 15) is 0 Å². The molecule has 0 saturated heterocycles. The Morgan fingerprint density at radius 3 is 2.55 bits per heavy atom. The number of nitrogens with one attached hydrogen (secondary N) is 1. The van der Waals surface area contributed by atoms with Crippen molar-refractivity contribution in [2.45, 2.75) is 32.7 Å². The molecule has 4 heteroatoms. The van der Waals surface area contributed by atoms with Gasteiger partial charge in [0.25, 0.3) is 0 Å². The van der Waals surface area contributed by atoms with Gasteiger partial charge in [-0.3, -0.25) is 0 Å². The van der Waals surface area contributed by atoms with Crippen LogP contribution in [0.2, 0.25) is 5.02 Å². The quantitative estimate of drug-likeness (QED) is 0.825. The molecular formula is C16H20ClNOS. The van der Waals surface area contributed by atoms with E-state index in [1.165, 1.54) is 9.75 Å². The number of halogens is 1. The number of rotatable bonds is 4. The number of thiophene rings is 1. The van der Waals surface area contributed by atoms with Crippen LogP contribution in [0.5, 0.6) is 5.75 Å². The molecule has 20 heavy (non-hydrogen) atoms. The van der Waals surface area contributed by atoms with Crippen LogP contribution >= 0.6 is 22.9 Å². The molecule has 0 unspecified atom stereocenters. The highest BCUT2D eigenvalue weighted by molar-refractivity contribution is 7.12. The van der Waals surface area contributed by atoms with Crippen LogP contribution in [0.4, 0.5) is 5.69 Å². The lowest BCUT2D eigenvalue weighted by molar-refractivity contribution is 0.415. The molecule has 1 N–H and O–H groups in total. The predicted molar refractivity (Wildman–Crippen MR) is 88.3 cm³/mol. The van der Waals surface area contributed by atoms with Crippen molar-refractivity contribution >= 4 is 28.6 Å². The third kappa shape index (κ3) is 3.68. The molecule has 0 saturated carbocycles. The molecule has 0 amide bonds. The fourth-order valence-electron chi connectivity index (χ4n) is 1.83. The van der Waals surface area contributed by atoms with Crippen molar-refractivity contribution in [1.82, 2.24) is 0 Å². The molecule has 1 aromatic carbocycles. The first-order valence-electron chi connectivity index (χ1n) is 6.57. The van der Waals surface area contributed by atoms with Gasteiger partial charge in [0.15, 0.2) is 0 Å². The summed E-state index contributed by atoms with van der Waals surface area (Å²) in [4.78, 5) is 2.73. The third-order valence-electron chi connectivity index (χ3n) is 3.02. The summed E-state index contributed by atoms with van der Waals surface area (Å²) in [5, 5.41) is 4.03. The van der Waals surface area contributed by atoms with Crippen molar-refractivity contribution in [3.8, 4) is 5.75 Å². The van der Waals surface area contributed by atoms with Gasteiger partial charge in [-0.1, -0.05) is 32.4 Å². The van der Waals surface area contributed by atoms with Gasteiger partial charge in [0.2, 0.25) is 0 Å². The van der Waals surface area contributed by atoms with Gasteiger partial charge in [0.1, 0.15) is 5.75 Å². The second-order valence-electron chi connectivity index (χ2n) is 5.72. The van der Waals surface area contributed by atoms with Crippen LogP contribution in [-0.4, -0.2) is 7.11 Å². The Balaban J connectivity index is 2.04. The van der Waals surface area contributed by atoms with Gasteiger partial charge in [-0.05, 0) is 29.7 Å². The molecule has 2 rings (SSSR count). The molecule has 0 atom stereocenters. The number of ether oxygens (including phenoxy) is 1. The zero-order valence-corrected chi connectivity index (χ0v) is 13.9. The Hall–Kier alpha value is -1.19. The summed E-state index contributed by atoms with van der Waals surface area (Å²) in [5.41, 5.74) is 1.23. The summed E-state index contributed by atoms with van der Waals surface area (Å²) in [6.07, 6.45) is 0. The summed E-state index contributed by atoms with van der Waals surface area (Å²) >= 11 is 7.87. The molecular weight excluding hydrogens is 290 g/mol. The Kier molecular flexibility index (Phi) is 4.61. The van der Waals surface area contributed by atoms with Crippen LogP contribution in [0, 0.1) is 0 Å². The van der Waals surface area contributed by atoms with Crippen molar-refractivity contribution in [2.24, 2.45) is 0 Å². The van der Waals surface area contributed by atoms with E-state index in [1.54, 1.807) is 7.11 Å². The molecule has 1 aromatic heterocycles. The monoisotopic (exact) mass is 309 g/mol. The number of anilines is 1. The van der Waals surface area contributed by atoms with E-state index < -0.39 is 0 Å². The smallest absolute Gasteiger partial charge is 0.139 e. The molecule has 2 aromatic rings. The minimum atomic E-state index is 0.215. The topological polar surface area (TPSA) is 21.3 Å². The van der Waals surface area contributed by atoms with Gasteiger partial charge >= 0.3 is 0 Å². The van der Waals surface area contributed by atoms with Crippen molar-refractivity contribution in [2.75, 3.05) is 12.4 Å². The highest BCUT2D eigenvalue weighted by Crippen LogP contribution is 2.31. The molecule has 0 spiro atoms. The Morgan fingerprint density at radius 1 is 1.20 bits per heavy atom. The van der Waals surface area contributed by atoms with Crippen molar-refractivity contribution < 1.29 is 4.74 Å². The highest BCUT2D eigenvalue weighted by Gasteiger charge is 2.15. The molecule has 0 aliphatic heterocycles. The number of hydrogen-bond donors (Lipinski definition) is 1. The Labute approximate surface area is 129 Å². The summed E-state index contributed by atoms with van der Waals surface area (Å²) < 4.78 is 5.22. The fourth-order valence-corrected chi connectivity index (χ4v) is 3.03. The minimum absolute atomic E-state index is 0.215. The zero-order chi connectivity index (χ0) is 14.8. The summed E-state index contributed by atoms with van der Waals surface area (Å²) in [6.45, 7) is 7.52. The number of hydrogen-bond acceptors (Lipinski definition) is 3. The van der Waals surface area contributed by atoms with E-state index >= 15 is 0 Å². The summed E-state index contributed by atoms with van der Waals surface area (Å²) in [5.74, 6) is 0.693. The SMILES string of the molecule is COc1cc(NCc2ccc(C(C)(C)C)s2)ccc1Cl. The van der Waals surface area contributed by atoms with Crippen molar-refractivity contribution in [1.29, 1.82) is 0 Å². The Morgan fingerprint density at radius 2 is 1.95 bits per heavy atom. The summed E-state index contributed by atoms with van der Waals surface area (Å²) in [6, 6.07) is 10.1. The molecule has 0 fully saturated rings. The minimum Gasteiger partial charge on any atom is -0.495 e. The van der Waals surface area contributed by atoms with E-state index in [2.05, 4.69) is 38.2 Å². The van der Waals surface area contributed by atoms with Gasteiger partial charge in [0, 0.05) is 28.1 Å². The summed E-state index contributed by atoms with van der Waals surface area (Å²) in [7, 11) is 1.62. The first-order chi connectivity index (χ1) is 9.40. The molecule has 2 nitrogen and oxygen atoms in total. The van der Waals surface area contributed by atoms with E-state index in [4.69, 9.17) is 16.3 Å². The Bertz CT molecular complexity index is 586. The maximum atomic E-state index is 6.02. The van der Waals surface area contributed by atoms with Gasteiger partial charge in [-0.2, -0.15) is 0 Å². The van der Waals surface area contributed by atoms with E-state index in [0.29, 0.717) is 10.8 Å². The largest absolute Gasteiger partial charge is 0.495 e. The first kappa shape index (κ1) is 15.2. The number of benzene rings is 1. The lowest BCUT2D eigenvalue weighted by Gasteiger charge is -2.15. The normalized spacial score (nSPS) is 11.4.